The number of unbranched alkanes of at least 4 members (excludes halogenated alkanes) is 2. The lowest BCUT2D eigenvalue weighted by Crippen LogP contribution is -2.37. The molecule has 10 heteroatoms. The van der Waals surface area contributed by atoms with Gasteiger partial charge in [0, 0.05) is 26.0 Å². The molecule has 0 aliphatic heterocycles. The molecule has 0 saturated carbocycles. The molecule has 0 spiro atoms. The fourth-order valence-electron chi connectivity index (χ4n) is 3.70. The fourth-order valence-corrected chi connectivity index (χ4v) is 3.70. The van der Waals surface area contributed by atoms with Gasteiger partial charge < -0.3 is 29.0 Å². The van der Waals surface area contributed by atoms with Crippen molar-refractivity contribution in [1.82, 2.24) is 4.90 Å². The standard InChI is InChI=1S/C28H37F2NO7/c1-4-36-25(26(32)33)20-21-12-14-22(15-13-21)37-19-18-31(17-9-5-8-16-28(2,29)30)27(34)38-24-11-7-6-10-23(24)35-3/h6-7,10-15,25H,4-5,8-9,16-20H2,1-3H3,(H,32,33). The Morgan fingerprint density at radius 2 is 1.68 bits per heavy atom. The number of carbonyl (C=O) groups excluding carboxylic acids is 1. The number of carboxylic acids is 1. The Morgan fingerprint density at radius 1 is 1.00 bits per heavy atom. The van der Waals surface area contributed by atoms with Crippen molar-refractivity contribution in [3.63, 3.8) is 0 Å². The molecule has 0 aromatic heterocycles. The molecule has 1 unspecified atom stereocenters. The predicted octanol–water partition coefficient (Wildman–Crippen LogP) is 5.82. The molecule has 0 heterocycles. The first-order valence-corrected chi connectivity index (χ1v) is 12.7. The van der Waals surface area contributed by atoms with Crippen molar-refractivity contribution in [1.29, 1.82) is 0 Å². The second-order valence-corrected chi connectivity index (χ2v) is 8.87. The number of ether oxygens (including phenoxy) is 4. The van der Waals surface area contributed by atoms with E-state index in [1.54, 1.807) is 55.5 Å². The molecule has 210 valence electrons. The number of aliphatic carboxylic acids is 1. The molecule has 1 amide bonds. The van der Waals surface area contributed by atoms with E-state index in [2.05, 4.69) is 0 Å². The zero-order valence-corrected chi connectivity index (χ0v) is 22.2. The normalized spacial score (nSPS) is 12.0. The maximum Gasteiger partial charge on any atom is 0.415 e. The Hall–Kier alpha value is -3.40. The van der Waals surface area contributed by atoms with Crippen LogP contribution in [-0.4, -0.2) is 67.5 Å². The van der Waals surface area contributed by atoms with Crippen molar-refractivity contribution in [2.75, 3.05) is 33.4 Å². The summed E-state index contributed by atoms with van der Waals surface area (Å²) in [5, 5.41) is 9.25. The molecule has 1 N–H and O–H groups in total. The van der Waals surface area contributed by atoms with Gasteiger partial charge in [0.15, 0.2) is 17.6 Å². The van der Waals surface area contributed by atoms with Crippen molar-refractivity contribution in [3.05, 3.63) is 54.1 Å². The van der Waals surface area contributed by atoms with Crippen molar-refractivity contribution in [2.45, 2.75) is 58.0 Å². The monoisotopic (exact) mass is 537 g/mol. The molecule has 0 radical (unpaired) electrons. The molecular formula is C28H37F2NO7. The molecule has 0 aliphatic rings. The number of nitrogens with zero attached hydrogens (tertiary/aromatic N) is 1. The van der Waals surface area contributed by atoms with Gasteiger partial charge in [-0.25, -0.2) is 18.4 Å². The molecule has 2 rings (SSSR count). The lowest BCUT2D eigenvalue weighted by Gasteiger charge is -2.23. The maximum absolute atomic E-state index is 13.1. The lowest BCUT2D eigenvalue weighted by atomic mass is 10.1. The number of hydrogen-bond donors (Lipinski definition) is 1. The first-order chi connectivity index (χ1) is 18.1. The van der Waals surface area contributed by atoms with E-state index >= 15 is 0 Å². The summed E-state index contributed by atoms with van der Waals surface area (Å²) in [6, 6.07) is 13.8. The smallest absolute Gasteiger partial charge is 0.415 e. The van der Waals surface area contributed by atoms with Crippen LogP contribution in [0.2, 0.25) is 0 Å². The highest BCUT2D eigenvalue weighted by atomic mass is 19.3. The summed E-state index contributed by atoms with van der Waals surface area (Å²) < 4.78 is 48.0. The Labute approximate surface area is 222 Å². The average Bonchev–Trinajstić information content (AvgIpc) is 2.87. The Balaban J connectivity index is 1.95. The van der Waals surface area contributed by atoms with Crippen LogP contribution in [0, 0.1) is 0 Å². The van der Waals surface area contributed by atoms with E-state index in [1.807, 2.05) is 0 Å². The number of alkyl halides is 2. The quantitative estimate of drug-likeness (QED) is 0.254. The van der Waals surface area contributed by atoms with Crippen LogP contribution in [-0.2, 0) is 16.0 Å². The van der Waals surface area contributed by atoms with Crippen molar-refractivity contribution >= 4 is 12.1 Å². The van der Waals surface area contributed by atoms with E-state index in [0.717, 1.165) is 12.5 Å². The van der Waals surface area contributed by atoms with Gasteiger partial charge in [0.1, 0.15) is 12.4 Å². The van der Waals surface area contributed by atoms with Crippen molar-refractivity contribution in [3.8, 4) is 17.2 Å². The van der Waals surface area contributed by atoms with Gasteiger partial charge in [-0.1, -0.05) is 30.7 Å². The van der Waals surface area contributed by atoms with Gasteiger partial charge in [-0.2, -0.15) is 0 Å². The summed E-state index contributed by atoms with van der Waals surface area (Å²) in [4.78, 5) is 25.7. The molecular weight excluding hydrogens is 500 g/mol. The van der Waals surface area contributed by atoms with Gasteiger partial charge >= 0.3 is 12.1 Å². The van der Waals surface area contributed by atoms with E-state index in [9.17, 15) is 23.5 Å². The average molecular weight is 538 g/mol. The summed E-state index contributed by atoms with van der Waals surface area (Å²) in [5.74, 6) is -2.48. The summed E-state index contributed by atoms with van der Waals surface area (Å²) in [6.07, 6.45) is -0.0399. The molecule has 38 heavy (non-hydrogen) atoms. The largest absolute Gasteiger partial charge is 0.493 e. The van der Waals surface area contributed by atoms with Gasteiger partial charge in [0.25, 0.3) is 0 Å². The maximum atomic E-state index is 13.1. The SMILES string of the molecule is CCOC(Cc1ccc(OCCN(CCCCCC(C)(F)F)C(=O)Oc2ccccc2OC)cc1)C(=O)O. The number of amides is 1. The number of hydrogen-bond acceptors (Lipinski definition) is 6. The third kappa shape index (κ3) is 11.3. The van der Waals surface area contributed by atoms with Crippen LogP contribution in [0.4, 0.5) is 13.6 Å². The molecule has 0 bridgehead atoms. The van der Waals surface area contributed by atoms with Crippen LogP contribution in [0.3, 0.4) is 0 Å². The van der Waals surface area contributed by atoms with Crippen LogP contribution < -0.4 is 14.2 Å². The first-order valence-electron chi connectivity index (χ1n) is 12.7. The van der Waals surface area contributed by atoms with Crippen molar-refractivity contribution < 1.29 is 42.4 Å². The number of methoxy groups -OCH3 is 1. The Kier molecular flexibility index (Phi) is 12.8. The molecule has 8 nitrogen and oxygen atoms in total. The molecule has 0 fully saturated rings. The number of carbonyl (C=O) groups is 2. The second kappa shape index (κ2) is 15.8. The molecule has 1 atom stereocenters. The minimum Gasteiger partial charge on any atom is -0.493 e. The van der Waals surface area contributed by atoms with Crippen LogP contribution in [0.1, 0.15) is 45.1 Å². The van der Waals surface area contributed by atoms with Gasteiger partial charge in [0.2, 0.25) is 5.92 Å². The number of benzene rings is 2. The highest BCUT2D eigenvalue weighted by Gasteiger charge is 2.21. The highest BCUT2D eigenvalue weighted by Crippen LogP contribution is 2.26. The van der Waals surface area contributed by atoms with E-state index in [-0.39, 0.29) is 31.7 Å². The summed E-state index contributed by atoms with van der Waals surface area (Å²) in [7, 11) is 1.48. The van der Waals surface area contributed by atoms with Gasteiger partial charge in [-0.05, 0) is 56.5 Å². The van der Waals surface area contributed by atoms with E-state index in [0.29, 0.717) is 43.9 Å². The van der Waals surface area contributed by atoms with Gasteiger partial charge in [0.05, 0.1) is 13.7 Å². The summed E-state index contributed by atoms with van der Waals surface area (Å²) in [5.41, 5.74) is 0.790. The zero-order chi connectivity index (χ0) is 28.0. The van der Waals surface area contributed by atoms with Crippen LogP contribution in [0.5, 0.6) is 17.2 Å². The van der Waals surface area contributed by atoms with E-state index in [4.69, 9.17) is 18.9 Å². The van der Waals surface area contributed by atoms with Gasteiger partial charge in [-0.15, -0.1) is 0 Å². The van der Waals surface area contributed by atoms with Crippen LogP contribution in [0.15, 0.2) is 48.5 Å². The molecule has 2 aromatic carbocycles. The minimum absolute atomic E-state index is 0.171. The van der Waals surface area contributed by atoms with Crippen LogP contribution in [0.25, 0.3) is 0 Å². The van der Waals surface area contributed by atoms with Crippen LogP contribution >= 0.6 is 0 Å². The van der Waals surface area contributed by atoms with Crippen molar-refractivity contribution in [2.24, 2.45) is 0 Å². The molecule has 0 aliphatic carbocycles. The zero-order valence-electron chi connectivity index (χ0n) is 22.2. The Morgan fingerprint density at radius 3 is 2.29 bits per heavy atom. The fraction of sp³-hybridized carbons (Fsp3) is 0.500. The first kappa shape index (κ1) is 30.8. The number of carboxylic acid groups (broad SMARTS) is 1. The summed E-state index contributed by atoms with van der Waals surface area (Å²) in [6.45, 7) is 3.65. The predicted molar refractivity (Wildman–Crippen MR) is 138 cm³/mol. The Bertz CT molecular complexity index is 995. The molecule has 0 saturated heterocycles. The topological polar surface area (TPSA) is 94.5 Å². The molecule has 2 aromatic rings. The number of halogens is 2. The van der Waals surface area contributed by atoms with E-state index in [1.165, 1.54) is 12.0 Å². The number of para-hydroxylation sites is 2. The number of rotatable bonds is 17. The summed E-state index contributed by atoms with van der Waals surface area (Å²) >= 11 is 0. The minimum atomic E-state index is -2.70. The third-order valence-electron chi connectivity index (χ3n) is 5.69. The highest BCUT2D eigenvalue weighted by molar-refractivity contribution is 5.73. The van der Waals surface area contributed by atoms with E-state index < -0.39 is 24.1 Å². The van der Waals surface area contributed by atoms with Gasteiger partial charge in [-0.3, -0.25) is 0 Å². The lowest BCUT2D eigenvalue weighted by molar-refractivity contribution is -0.149. The third-order valence-corrected chi connectivity index (χ3v) is 5.69. The second-order valence-electron chi connectivity index (χ2n) is 8.87.